The number of amides is 2. The molecule has 0 radical (unpaired) electrons. The van der Waals surface area contributed by atoms with Crippen molar-refractivity contribution < 1.29 is 9.59 Å². The first-order valence-corrected chi connectivity index (χ1v) is 4.34. The van der Waals surface area contributed by atoms with E-state index in [0.717, 1.165) is 0 Å². The van der Waals surface area contributed by atoms with Crippen molar-refractivity contribution in [3.8, 4) is 0 Å². The van der Waals surface area contributed by atoms with E-state index < -0.39 is 6.04 Å². The van der Waals surface area contributed by atoms with E-state index in [1.807, 2.05) is 0 Å². The van der Waals surface area contributed by atoms with E-state index in [4.69, 9.17) is 5.73 Å². The van der Waals surface area contributed by atoms with Crippen molar-refractivity contribution in [1.82, 2.24) is 10.2 Å². The summed E-state index contributed by atoms with van der Waals surface area (Å²) < 4.78 is 0. The van der Waals surface area contributed by atoms with Crippen LogP contribution in [0.25, 0.3) is 0 Å². The van der Waals surface area contributed by atoms with E-state index in [-0.39, 0.29) is 30.3 Å². The molecular weight excluding hydrogens is 206 g/mol. The van der Waals surface area contributed by atoms with E-state index in [9.17, 15) is 9.59 Å². The van der Waals surface area contributed by atoms with Gasteiger partial charge in [-0.1, -0.05) is 0 Å². The summed E-state index contributed by atoms with van der Waals surface area (Å²) in [5.41, 5.74) is 5.43. The Balaban J connectivity index is 0.00000169. The zero-order valence-electron chi connectivity index (χ0n) is 8.32. The summed E-state index contributed by atoms with van der Waals surface area (Å²) in [6.45, 7) is 2.26. The van der Waals surface area contributed by atoms with Crippen molar-refractivity contribution >= 4 is 24.2 Å². The Morgan fingerprint density at radius 1 is 1.71 bits per heavy atom. The van der Waals surface area contributed by atoms with Crippen LogP contribution in [0.15, 0.2) is 0 Å². The van der Waals surface area contributed by atoms with E-state index >= 15 is 0 Å². The lowest BCUT2D eigenvalue weighted by molar-refractivity contribution is -0.138. The molecule has 1 rings (SSSR count). The summed E-state index contributed by atoms with van der Waals surface area (Å²) in [4.78, 5) is 24.0. The Kier molecular flexibility index (Phi) is 4.87. The van der Waals surface area contributed by atoms with Gasteiger partial charge in [0.15, 0.2) is 0 Å². The standard InChI is InChI=1S/C8H15N3O2.ClH/c1-5(9)8(13)11(2)6-3-4-10-7(6)12;/h5-6H,3-4,9H2,1-2H3,(H,10,12);1H/t5-,6?;/m1./s1. The van der Waals surface area contributed by atoms with Crippen LogP contribution in [-0.2, 0) is 9.59 Å². The molecule has 0 aromatic heterocycles. The summed E-state index contributed by atoms with van der Waals surface area (Å²) in [5, 5.41) is 2.67. The Morgan fingerprint density at radius 3 is 2.64 bits per heavy atom. The third kappa shape index (κ3) is 2.59. The quantitative estimate of drug-likeness (QED) is 0.635. The van der Waals surface area contributed by atoms with Crippen LogP contribution in [0.5, 0.6) is 0 Å². The van der Waals surface area contributed by atoms with Crippen molar-refractivity contribution in [3.05, 3.63) is 0 Å². The van der Waals surface area contributed by atoms with Gasteiger partial charge in [0.1, 0.15) is 6.04 Å². The minimum absolute atomic E-state index is 0. The number of carbonyl (C=O) groups excluding carboxylic acids is 2. The van der Waals surface area contributed by atoms with Crippen LogP contribution in [0, 0.1) is 0 Å². The Labute approximate surface area is 89.4 Å². The van der Waals surface area contributed by atoms with Crippen LogP contribution < -0.4 is 11.1 Å². The van der Waals surface area contributed by atoms with Crippen LogP contribution in [0.1, 0.15) is 13.3 Å². The van der Waals surface area contributed by atoms with Crippen molar-refractivity contribution in [1.29, 1.82) is 0 Å². The molecule has 1 aliphatic rings. The fraction of sp³-hybridized carbons (Fsp3) is 0.750. The zero-order valence-corrected chi connectivity index (χ0v) is 9.13. The largest absolute Gasteiger partial charge is 0.354 e. The van der Waals surface area contributed by atoms with Gasteiger partial charge in [0.25, 0.3) is 0 Å². The number of hydrogen-bond donors (Lipinski definition) is 2. The van der Waals surface area contributed by atoms with Gasteiger partial charge in [-0.2, -0.15) is 0 Å². The Morgan fingerprint density at radius 2 is 2.29 bits per heavy atom. The molecule has 6 heteroatoms. The van der Waals surface area contributed by atoms with Gasteiger partial charge < -0.3 is 16.0 Å². The molecule has 14 heavy (non-hydrogen) atoms. The lowest BCUT2D eigenvalue weighted by Crippen LogP contribution is -2.47. The average Bonchev–Trinajstić information content (AvgIpc) is 2.48. The first-order chi connectivity index (χ1) is 6.04. The zero-order chi connectivity index (χ0) is 10.0. The number of hydrogen-bond acceptors (Lipinski definition) is 3. The molecule has 0 aromatic rings. The first kappa shape index (κ1) is 13.2. The maximum absolute atomic E-state index is 11.4. The summed E-state index contributed by atoms with van der Waals surface area (Å²) >= 11 is 0. The monoisotopic (exact) mass is 221 g/mol. The van der Waals surface area contributed by atoms with E-state index in [1.54, 1.807) is 14.0 Å². The molecular formula is C8H16ClN3O2. The van der Waals surface area contributed by atoms with Crippen LogP contribution in [0.4, 0.5) is 0 Å². The SMILES string of the molecule is C[C@@H](N)C(=O)N(C)C1CCNC1=O.Cl. The summed E-state index contributed by atoms with van der Waals surface area (Å²) in [5.74, 6) is -0.279. The third-order valence-electron chi connectivity index (χ3n) is 2.22. The molecule has 0 aromatic carbocycles. The number of likely N-dealkylation sites (N-methyl/N-ethyl adjacent to an activating group) is 1. The van der Waals surface area contributed by atoms with Crippen LogP contribution in [0.2, 0.25) is 0 Å². The lowest BCUT2D eigenvalue weighted by Gasteiger charge is -2.23. The number of nitrogens with two attached hydrogens (primary N) is 1. The predicted octanol–water partition coefficient (Wildman–Crippen LogP) is -0.898. The van der Waals surface area contributed by atoms with Crippen LogP contribution in [-0.4, -0.2) is 42.4 Å². The van der Waals surface area contributed by atoms with E-state index in [2.05, 4.69) is 5.32 Å². The molecule has 2 amide bonds. The van der Waals surface area contributed by atoms with Crippen molar-refractivity contribution in [2.45, 2.75) is 25.4 Å². The highest BCUT2D eigenvalue weighted by atomic mass is 35.5. The highest BCUT2D eigenvalue weighted by Gasteiger charge is 2.31. The molecule has 1 unspecified atom stereocenters. The smallest absolute Gasteiger partial charge is 0.242 e. The normalized spacial score (nSPS) is 22.2. The molecule has 0 bridgehead atoms. The molecule has 1 aliphatic heterocycles. The number of carbonyl (C=O) groups is 2. The highest BCUT2D eigenvalue weighted by Crippen LogP contribution is 2.08. The number of nitrogens with one attached hydrogen (secondary N) is 1. The molecule has 0 spiro atoms. The second kappa shape index (κ2) is 5.17. The number of rotatable bonds is 2. The third-order valence-corrected chi connectivity index (χ3v) is 2.22. The van der Waals surface area contributed by atoms with Gasteiger partial charge in [-0.25, -0.2) is 0 Å². The molecule has 0 aliphatic carbocycles. The molecule has 1 heterocycles. The van der Waals surface area contributed by atoms with Gasteiger partial charge >= 0.3 is 0 Å². The Bertz CT molecular complexity index is 233. The predicted molar refractivity (Wildman–Crippen MR) is 55.1 cm³/mol. The number of nitrogens with zero attached hydrogens (tertiary/aromatic N) is 1. The van der Waals surface area contributed by atoms with Crippen LogP contribution in [0.3, 0.4) is 0 Å². The van der Waals surface area contributed by atoms with Gasteiger partial charge in [0.05, 0.1) is 6.04 Å². The van der Waals surface area contributed by atoms with Crippen molar-refractivity contribution in [3.63, 3.8) is 0 Å². The average molecular weight is 222 g/mol. The van der Waals surface area contributed by atoms with E-state index in [0.29, 0.717) is 13.0 Å². The fourth-order valence-corrected chi connectivity index (χ4v) is 1.43. The fourth-order valence-electron chi connectivity index (χ4n) is 1.43. The maximum Gasteiger partial charge on any atom is 0.242 e. The van der Waals surface area contributed by atoms with Crippen LogP contribution >= 0.6 is 12.4 Å². The van der Waals surface area contributed by atoms with Gasteiger partial charge in [0, 0.05) is 13.6 Å². The first-order valence-electron chi connectivity index (χ1n) is 4.34. The number of halogens is 1. The highest BCUT2D eigenvalue weighted by molar-refractivity contribution is 5.90. The molecule has 1 fully saturated rings. The Hall–Kier alpha value is -0.810. The second-order valence-corrected chi connectivity index (χ2v) is 3.33. The van der Waals surface area contributed by atoms with Crippen molar-refractivity contribution in [2.24, 2.45) is 5.73 Å². The molecule has 0 saturated carbocycles. The maximum atomic E-state index is 11.4. The topological polar surface area (TPSA) is 75.4 Å². The van der Waals surface area contributed by atoms with Gasteiger partial charge in [0.2, 0.25) is 11.8 Å². The van der Waals surface area contributed by atoms with Crippen molar-refractivity contribution in [2.75, 3.05) is 13.6 Å². The van der Waals surface area contributed by atoms with Gasteiger partial charge in [-0.05, 0) is 13.3 Å². The molecule has 1 saturated heterocycles. The summed E-state index contributed by atoms with van der Waals surface area (Å²) in [6.07, 6.45) is 0.674. The minimum Gasteiger partial charge on any atom is -0.354 e. The molecule has 5 nitrogen and oxygen atoms in total. The summed E-state index contributed by atoms with van der Waals surface area (Å²) in [6, 6.07) is -0.878. The van der Waals surface area contributed by atoms with Gasteiger partial charge in [-0.3, -0.25) is 9.59 Å². The molecule has 2 atom stereocenters. The minimum atomic E-state index is -0.543. The van der Waals surface area contributed by atoms with E-state index in [1.165, 1.54) is 4.90 Å². The molecule has 82 valence electrons. The van der Waals surface area contributed by atoms with Gasteiger partial charge in [-0.15, -0.1) is 12.4 Å². The second-order valence-electron chi connectivity index (χ2n) is 3.33. The summed E-state index contributed by atoms with van der Waals surface area (Å²) in [7, 11) is 1.61. The lowest BCUT2D eigenvalue weighted by atomic mass is 10.2. The molecule has 3 N–H and O–H groups in total.